The van der Waals surface area contributed by atoms with Crippen LogP contribution in [0.3, 0.4) is 0 Å². The van der Waals surface area contributed by atoms with Gasteiger partial charge >= 0.3 is 5.97 Å². The van der Waals surface area contributed by atoms with Gasteiger partial charge in [-0.3, -0.25) is 9.59 Å². The average Bonchev–Trinajstić information content (AvgIpc) is 2.77. The van der Waals surface area contributed by atoms with Gasteiger partial charge in [-0.25, -0.2) is 0 Å². The molecule has 2 aromatic rings. The quantitative estimate of drug-likeness (QED) is 0.571. The molecule has 8 heteroatoms. The Morgan fingerprint density at radius 2 is 1.53 bits per heavy atom. The highest BCUT2D eigenvalue weighted by molar-refractivity contribution is 5.73. The molecule has 8 nitrogen and oxygen atoms in total. The highest BCUT2D eigenvalue weighted by Crippen LogP contribution is 2.27. The summed E-state index contributed by atoms with van der Waals surface area (Å²) < 4.78 is 23.1. The molecule has 0 saturated carbocycles. The van der Waals surface area contributed by atoms with Crippen LogP contribution in [0.15, 0.2) is 60.7 Å². The molecule has 3 rings (SSSR count). The van der Waals surface area contributed by atoms with Gasteiger partial charge in [-0.2, -0.15) is 0 Å². The molecule has 0 aromatic heterocycles. The Balaban J connectivity index is 1.76. The molecule has 1 aliphatic rings. The van der Waals surface area contributed by atoms with Crippen LogP contribution in [0.4, 0.5) is 0 Å². The number of amides is 1. The van der Waals surface area contributed by atoms with E-state index >= 15 is 0 Å². The van der Waals surface area contributed by atoms with E-state index in [-0.39, 0.29) is 19.1 Å². The molecule has 2 N–H and O–H groups in total. The zero-order chi connectivity index (χ0) is 22.9. The first-order valence-electron chi connectivity index (χ1n) is 10.5. The Kier molecular flexibility index (Phi) is 8.75. The van der Waals surface area contributed by atoms with Gasteiger partial charge in [0, 0.05) is 13.8 Å². The lowest BCUT2D eigenvalue weighted by Gasteiger charge is -2.44. The first kappa shape index (κ1) is 23.9. The van der Waals surface area contributed by atoms with E-state index in [9.17, 15) is 14.7 Å². The van der Waals surface area contributed by atoms with Crippen molar-refractivity contribution >= 4 is 11.9 Å². The number of carbonyl (C=O) groups is 2. The van der Waals surface area contributed by atoms with Crippen LogP contribution in [0.2, 0.25) is 0 Å². The molecule has 5 atom stereocenters. The summed E-state index contributed by atoms with van der Waals surface area (Å²) in [4.78, 5) is 23.6. The molecule has 1 amide bonds. The van der Waals surface area contributed by atoms with Crippen molar-refractivity contribution in [1.29, 1.82) is 0 Å². The summed E-state index contributed by atoms with van der Waals surface area (Å²) in [5, 5.41) is 13.3. The lowest BCUT2D eigenvalue weighted by Crippen LogP contribution is -2.65. The second-order valence-corrected chi connectivity index (χ2v) is 7.63. The van der Waals surface area contributed by atoms with E-state index in [1.165, 1.54) is 13.8 Å². The van der Waals surface area contributed by atoms with Gasteiger partial charge in [0.15, 0.2) is 12.4 Å². The molecule has 172 valence electrons. The number of rotatable bonds is 9. The Labute approximate surface area is 187 Å². The smallest absolute Gasteiger partial charge is 0.303 e. The third kappa shape index (κ3) is 6.86. The molecule has 0 bridgehead atoms. The maximum Gasteiger partial charge on any atom is 0.303 e. The maximum atomic E-state index is 11.9. The van der Waals surface area contributed by atoms with Crippen molar-refractivity contribution in [3.63, 3.8) is 0 Å². The number of hydrogen-bond donors (Lipinski definition) is 2. The third-order valence-electron chi connectivity index (χ3n) is 5.02. The minimum absolute atomic E-state index is 0.0574. The van der Waals surface area contributed by atoms with Crippen LogP contribution < -0.4 is 5.32 Å². The van der Waals surface area contributed by atoms with Crippen LogP contribution >= 0.6 is 0 Å². The van der Waals surface area contributed by atoms with Crippen LogP contribution in [-0.2, 0) is 41.8 Å². The van der Waals surface area contributed by atoms with Crippen LogP contribution in [0.25, 0.3) is 0 Å². The number of aliphatic hydroxyl groups is 1. The standard InChI is InChI=1S/C24H29NO7/c1-16(26)25-21-23(30-14-19-11-7-4-8-12-19)22(31-17(2)27)20(32-24(21)28)15-29-13-18-9-5-3-6-10-18/h3-12,20-24,28H,13-15H2,1-2H3,(H,25,26)/t20-,21-,22+,23-,24-/m1/s1. The fourth-order valence-corrected chi connectivity index (χ4v) is 3.61. The number of benzene rings is 2. The first-order valence-corrected chi connectivity index (χ1v) is 10.5. The number of aliphatic hydroxyl groups excluding tert-OH is 1. The summed E-state index contributed by atoms with van der Waals surface area (Å²) in [7, 11) is 0. The number of nitrogens with one attached hydrogen (secondary N) is 1. The molecule has 1 heterocycles. The first-order chi connectivity index (χ1) is 15.4. The van der Waals surface area contributed by atoms with Gasteiger partial charge in [0.25, 0.3) is 0 Å². The van der Waals surface area contributed by atoms with Crippen LogP contribution in [0.1, 0.15) is 25.0 Å². The second-order valence-electron chi connectivity index (χ2n) is 7.63. The maximum absolute atomic E-state index is 11.9. The summed E-state index contributed by atoms with van der Waals surface area (Å²) in [6.45, 7) is 3.20. The van der Waals surface area contributed by atoms with Crippen molar-refractivity contribution in [2.24, 2.45) is 0 Å². The van der Waals surface area contributed by atoms with E-state index in [0.717, 1.165) is 11.1 Å². The molecule has 0 unspecified atom stereocenters. The molecule has 0 spiro atoms. The Hall–Kier alpha value is -2.78. The highest BCUT2D eigenvalue weighted by atomic mass is 16.7. The molecule has 1 aliphatic heterocycles. The molecule has 2 aromatic carbocycles. The Morgan fingerprint density at radius 1 is 0.938 bits per heavy atom. The summed E-state index contributed by atoms with van der Waals surface area (Å²) in [5.74, 6) is -0.899. The third-order valence-corrected chi connectivity index (χ3v) is 5.02. The fraction of sp³-hybridized carbons (Fsp3) is 0.417. The van der Waals surface area contributed by atoms with Crippen molar-refractivity contribution in [3.8, 4) is 0 Å². The zero-order valence-electron chi connectivity index (χ0n) is 18.2. The molecule has 1 saturated heterocycles. The topological polar surface area (TPSA) is 103 Å². The number of esters is 1. The van der Waals surface area contributed by atoms with Gasteiger partial charge in [-0.05, 0) is 11.1 Å². The molecular weight excluding hydrogens is 414 g/mol. The molecule has 0 aliphatic carbocycles. The largest absolute Gasteiger partial charge is 0.457 e. The monoisotopic (exact) mass is 443 g/mol. The van der Waals surface area contributed by atoms with Crippen LogP contribution in [-0.4, -0.2) is 54.2 Å². The van der Waals surface area contributed by atoms with Gasteiger partial charge in [0.05, 0.1) is 19.8 Å². The van der Waals surface area contributed by atoms with E-state index in [1.54, 1.807) is 0 Å². The minimum atomic E-state index is -1.36. The van der Waals surface area contributed by atoms with Crippen molar-refractivity contribution < 1.29 is 33.6 Å². The van der Waals surface area contributed by atoms with E-state index in [2.05, 4.69) is 5.32 Å². The SMILES string of the molecule is CC(=O)N[C@@H]1[C@@H](OCc2ccccc2)[C@@H](OC(C)=O)[C@@H](COCc2ccccc2)O[C@H]1O. The van der Waals surface area contributed by atoms with Crippen molar-refractivity contribution in [2.45, 2.75) is 57.7 Å². The minimum Gasteiger partial charge on any atom is -0.457 e. The van der Waals surface area contributed by atoms with E-state index in [1.807, 2.05) is 60.7 Å². The zero-order valence-corrected chi connectivity index (χ0v) is 18.2. The van der Waals surface area contributed by atoms with Gasteiger partial charge < -0.3 is 29.4 Å². The van der Waals surface area contributed by atoms with Crippen LogP contribution in [0, 0.1) is 0 Å². The van der Waals surface area contributed by atoms with Gasteiger partial charge in [-0.15, -0.1) is 0 Å². The summed E-state index contributed by atoms with van der Waals surface area (Å²) >= 11 is 0. The van der Waals surface area contributed by atoms with Gasteiger partial charge in [0.2, 0.25) is 5.91 Å². The number of ether oxygens (including phenoxy) is 4. The molecule has 32 heavy (non-hydrogen) atoms. The molecular formula is C24H29NO7. The average molecular weight is 443 g/mol. The molecule has 0 radical (unpaired) electrons. The summed E-state index contributed by atoms with van der Waals surface area (Å²) in [5.41, 5.74) is 1.87. The summed E-state index contributed by atoms with van der Waals surface area (Å²) in [6, 6.07) is 18.1. The van der Waals surface area contributed by atoms with E-state index in [0.29, 0.717) is 6.61 Å². The van der Waals surface area contributed by atoms with Crippen molar-refractivity contribution in [1.82, 2.24) is 5.32 Å². The van der Waals surface area contributed by atoms with Crippen molar-refractivity contribution in [2.75, 3.05) is 6.61 Å². The van der Waals surface area contributed by atoms with Gasteiger partial charge in [0.1, 0.15) is 18.2 Å². The predicted molar refractivity (Wildman–Crippen MR) is 115 cm³/mol. The second kappa shape index (κ2) is 11.7. The predicted octanol–water partition coefficient (Wildman–Crippen LogP) is 1.94. The van der Waals surface area contributed by atoms with Crippen LogP contribution in [0.5, 0.6) is 0 Å². The lowest BCUT2D eigenvalue weighted by molar-refractivity contribution is -0.271. The number of carbonyl (C=O) groups excluding carboxylic acids is 2. The van der Waals surface area contributed by atoms with Gasteiger partial charge in [-0.1, -0.05) is 60.7 Å². The highest BCUT2D eigenvalue weighted by Gasteiger charge is 2.48. The Morgan fingerprint density at radius 3 is 2.09 bits per heavy atom. The fourth-order valence-electron chi connectivity index (χ4n) is 3.61. The van der Waals surface area contributed by atoms with E-state index < -0.39 is 36.6 Å². The lowest BCUT2D eigenvalue weighted by atomic mass is 9.96. The molecule has 1 fully saturated rings. The number of hydrogen-bond acceptors (Lipinski definition) is 7. The van der Waals surface area contributed by atoms with Crippen molar-refractivity contribution in [3.05, 3.63) is 71.8 Å². The summed E-state index contributed by atoms with van der Waals surface area (Å²) in [6.07, 6.45) is -3.90. The van der Waals surface area contributed by atoms with E-state index in [4.69, 9.17) is 18.9 Å². The normalized spacial score (nSPS) is 25.2. The Bertz CT molecular complexity index is 861.